The van der Waals surface area contributed by atoms with Crippen LogP contribution in [0.3, 0.4) is 0 Å². The van der Waals surface area contributed by atoms with Crippen LogP contribution in [-0.4, -0.2) is 24.2 Å². The molecule has 1 aromatic heterocycles. The number of hydrogen-bond donors (Lipinski definition) is 1. The average molecular weight is 283 g/mol. The Bertz CT molecular complexity index is 558. The summed E-state index contributed by atoms with van der Waals surface area (Å²) in [6, 6.07) is 6.58. The Kier molecular flexibility index (Phi) is 4.56. The van der Waals surface area contributed by atoms with Crippen LogP contribution in [-0.2, 0) is 0 Å². The Balaban J connectivity index is 0.00000133. The van der Waals surface area contributed by atoms with Crippen molar-refractivity contribution in [2.75, 3.05) is 13.1 Å². The van der Waals surface area contributed by atoms with Gasteiger partial charge in [0.05, 0.1) is 0 Å². The van der Waals surface area contributed by atoms with Crippen LogP contribution in [0.5, 0.6) is 5.75 Å². The second-order valence-corrected chi connectivity index (χ2v) is 4.51. The van der Waals surface area contributed by atoms with E-state index in [2.05, 4.69) is 10.3 Å². The molecule has 0 aliphatic carbocycles. The highest BCUT2D eigenvalue weighted by molar-refractivity contribution is 5.85. The first kappa shape index (κ1) is 14.0. The molecular formula is C14H16ClFN2O. The van der Waals surface area contributed by atoms with Crippen LogP contribution in [0.1, 0.15) is 12.8 Å². The molecule has 2 aromatic rings. The maximum absolute atomic E-state index is 13.6. The summed E-state index contributed by atoms with van der Waals surface area (Å²) in [7, 11) is 0. The van der Waals surface area contributed by atoms with Crippen LogP contribution in [0.2, 0.25) is 0 Å². The Hall–Kier alpha value is -1.39. The van der Waals surface area contributed by atoms with Crippen LogP contribution >= 0.6 is 12.4 Å². The molecule has 3 rings (SSSR count). The maximum atomic E-state index is 13.6. The van der Waals surface area contributed by atoms with E-state index < -0.39 is 0 Å². The van der Waals surface area contributed by atoms with E-state index in [0.717, 1.165) is 25.9 Å². The Morgan fingerprint density at radius 1 is 1.21 bits per heavy atom. The fourth-order valence-corrected chi connectivity index (χ4v) is 2.30. The Morgan fingerprint density at radius 3 is 2.79 bits per heavy atom. The molecule has 0 saturated carbocycles. The first-order chi connectivity index (χ1) is 8.84. The molecule has 1 aliphatic rings. The number of nitrogens with zero attached hydrogens (tertiary/aromatic N) is 1. The van der Waals surface area contributed by atoms with Crippen LogP contribution in [0, 0.1) is 5.82 Å². The molecule has 0 amide bonds. The molecule has 0 unspecified atom stereocenters. The number of aromatic nitrogens is 1. The van der Waals surface area contributed by atoms with Gasteiger partial charge in [0.15, 0.2) is 0 Å². The summed E-state index contributed by atoms with van der Waals surface area (Å²) in [6.07, 6.45) is 3.82. The fourth-order valence-electron chi connectivity index (χ4n) is 2.30. The largest absolute Gasteiger partial charge is 0.488 e. The van der Waals surface area contributed by atoms with Gasteiger partial charge in [0.25, 0.3) is 0 Å². The molecule has 0 spiro atoms. The van der Waals surface area contributed by atoms with E-state index in [-0.39, 0.29) is 24.3 Å². The normalized spacial score (nSPS) is 16.1. The molecule has 0 atom stereocenters. The van der Waals surface area contributed by atoms with Gasteiger partial charge < -0.3 is 10.1 Å². The first-order valence-corrected chi connectivity index (χ1v) is 6.25. The second kappa shape index (κ2) is 6.17. The van der Waals surface area contributed by atoms with Crippen LogP contribution in [0.4, 0.5) is 4.39 Å². The summed E-state index contributed by atoms with van der Waals surface area (Å²) in [5, 5.41) is 3.81. The van der Waals surface area contributed by atoms with E-state index in [1.165, 1.54) is 6.07 Å². The SMILES string of the molecule is Cl.Fc1ccc(OC2CCNCC2)c2ncccc12. The number of halogens is 2. The van der Waals surface area contributed by atoms with Gasteiger partial charge >= 0.3 is 0 Å². The summed E-state index contributed by atoms with van der Waals surface area (Å²) in [5.41, 5.74) is 0.607. The number of piperidine rings is 1. The van der Waals surface area contributed by atoms with Gasteiger partial charge in [-0.25, -0.2) is 4.39 Å². The molecule has 0 radical (unpaired) electrons. The van der Waals surface area contributed by atoms with Crippen molar-refractivity contribution in [3.63, 3.8) is 0 Å². The number of rotatable bonds is 2. The second-order valence-electron chi connectivity index (χ2n) is 4.51. The van der Waals surface area contributed by atoms with Crippen molar-refractivity contribution in [1.82, 2.24) is 10.3 Å². The lowest BCUT2D eigenvalue weighted by molar-refractivity contribution is 0.164. The van der Waals surface area contributed by atoms with Crippen molar-refractivity contribution < 1.29 is 9.13 Å². The molecule has 1 fully saturated rings. The zero-order chi connectivity index (χ0) is 12.4. The topological polar surface area (TPSA) is 34.1 Å². The van der Waals surface area contributed by atoms with E-state index in [9.17, 15) is 4.39 Å². The summed E-state index contributed by atoms with van der Waals surface area (Å²) >= 11 is 0. The van der Waals surface area contributed by atoms with E-state index in [1.807, 2.05) is 0 Å². The van der Waals surface area contributed by atoms with E-state index in [1.54, 1.807) is 24.4 Å². The molecule has 1 N–H and O–H groups in total. The van der Waals surface area contributed by atoms with E-state index in [4.69, 9.17) is 4.74 Å². The van der Waals surface area contributed by atoms with Crippen molar-refractivity contribution in [1.29, 1.82) is 0 Å². The van der Waals surface area contributed by atoms with E-state index in [0.29, 0.717) is 16.7 Å². The minimum atomic E-state index is -0.254. The van der Waals surface area contributed by atoms with E-state index >= 15 is 0 Å². The number of pyridine rings is 1. The third-order valence-corrected chi connectivity index (χ3v) is 3.26. The van der Waals surface area contributed by atoms with Crippen LogP contribution in [0.15, 0.2) is 30.5 Å². The lowest BCUT2D eigenvalue weighted by Crippen LogP contribution is -2.34. The van der Waals surface area contributed by atoms with Crippen molar-refractivity contribution in [3.8, 4) is 5.75 Å². The Morgan fingerprint density at radius 2 is 2.00 bits per heavy atom. The quantitative estimate of drug-likeness (QED) is 0.920. The number of hydrogen-bond acceptors (Lipinski definition) is 3. The third kappa shape index (κ3) is 2.96. The van der Waals surface area contributed by atoms with Crippen molar-refractivity contribution in [3.05, 3.63) is 36.3 Å². The smallest absolute Gasteiger partial charge is 0.146 e. The van der Waals surface area contributed by atoms with Gasteiger partial charge in [-0.2, -0.15) is 0 Å². The predicted molar refractivity (Wildman–Crippen MR) is 75.5 cm³/mol. The first-order valence-electron chi connectivity index (χ1n) is 6.25. The Labute approximate surface area is 117 Å². The highest BCUT2D eigenvalue weighted by Crippen LogP contribution is 2.27. The molecule has 1 saturated heterocycles. The molecule has 19 heavy (non-hydrogen) atoms. The summed E-state index contributed by atoms with van der Waals surface area (Å²) < 4.78 is 19.6. The fraction of sp³-hybridized carbons (Fsp3) is 0.357. The van der Waals surface area contributed by atoms with Crippen LogP contribution < -0.4 is 10.1 Å². The standard InChI is InChI=1S/C14H15FN2O.ClH/c15-12-3-4-13(14-11(12)2-1-7-17-14)18-10-5-8-16-9-6-10;/h1-4,7,10,16H,5-6,8-9H2;1H. The number of benzene rings is 1. The van der Waals surface area contributed by atoms with Gasteiger partial charge in [-0.1, -0.05) is 0 Å². The zero-order valence-corrected chi connectivity index (χ0v) is 11.3. The van der Waals surface area contributed by atoms with Gasteiger partial charge in [-0.3, -0.25) is 4.98 Å². The molecule has 1 aromatic carbocycles. The minimum Gasteiger partial charge on any atom is -0.488 e. The lowest BCUT2D eigenvalue weighted by atomic mass is 10.1. The lowest BCUT2D eigenvalue weighted by Gasteiger charge is -2.24. The number of fused-ring (bicyclic) bond motifs is 1. The van der Waals surface area contributed by atoms with Crippen molar-refractivity contribution in [2.45, 2.75) is 18.9 Å². The zero-order valence-electron chi connectivity index (χ0n) is 10.4. The molecule has 1 aliphatic heterocycles. The molecule has 3 nitrogen and oxygen atoms in total. The molecular weight excluding hydrogens is 267 g/mol. The molecule has 0 bridgehead atoms. The summed E-state index contributed by atoms with van der Waals surface area (Å²) in [4.78, 5) is 4.23. The molecule has 2 heterocycles. The average Bonchev–Trinajstić information content (AvgIpc) is 2.44. The highest BCUT2D eigenvalue weighted by Gasteiger charge is 2.16. The summed E-state index contributed by atoms with van der Waals surface area (Å²) in [6.45, 7) is 1.94. The number of nitrogens with one attached hydrogen (secondary N) is 1. The predicted octanol–water partition coefficient (Wildman–Crippen LogP) is 2.93. The van der Waals surface area contributed by atoms with Gasteiger partial charge in [-0.05, 0) is 50.2 Å². The summed E-state index contributed by atoms with van der Waals surface area (Å²) in [5.74, 6) is 0.426. The maximum Gasteiger partial charge on any atom is 0.146 e. The van der Waals surface area contributed by atoms with Gasteiger partial charge in [-0.15, -0.1) is 12.4 Å². The highest BCUT2D eigenvalue weighted by atomic mass is 35.5. The van der Waals surface area contributed by atoms with Gasteiger partial charge in [0.1, 0.15) is 23.2 Å². The van der Waals surface area contributed by atoms with Gasteiger partial charge in [0.2, 0.25) is 0 Å². The number of ether oxygens (including phenoxy) is 1. The van der Waals surface area contributed by atoms with Gasteiger partial charge in [0, 0.05) is 11.6 Å². The van der Waals surface area contributed by atoms with Crippen molar-refractivity contribution in [2.24, 2.45) is 0 Å². The monoisotopic (exact) mass is 282 g/mol. The molecule has 102 valence electrons. The van der Waals surface area contributed by atoms with Crippen LogP contribution in [0.25, 0.3) is 10.9 Å². The minimum absolute atomic E-state index is 0. The molecule has 5 heteroatoms. The van der Waals surface area contributed by atoms with Crippen molar-refractivity contribution >= 4 is 23.3 Å². The third-order valence-electron chi connectivity index (χ3n) is 3.26.